The van der Waals surface area contributed by atoms with E-state index in [9.17, 15) is 9.18 Å². The van der Waals surface area contributed by atoms with Crippen molar-refractivity contribution in [2.45, 2.75) is 25.4 Å². The van der Waals surface area contributed by atoms with Crippen molar-refractivity contribution in [3.63, 3.8) is 0 Å². The molecular formula is C19H21FN2O3. The molecule has 0 spiro atoms. The lowest BCUT2D eigenvalue weighted by Crippen LogP contribution is -2.27. The number of pyridine rings is 1. The fourth-order valence-corrected chi connectivity index (χ4v) is 3.00. The van der Waals surface area contributed by atoms with Crippen LogP contribution in [-0.4, -0.2) is 31.5 Å². The van der Waals surface area contributed by atoms with Crippen molar-refractivity contribution < 1.29 is 18.7 Å². The third-order valence-electron chi connectivity index (χ3n) is 4.40. The average molecular weight is 344 g/mol. The van der Waals surface area contributed by atoms with Crippen molar-refractivity contribution in [1.29, 1.82) is 0 Å². The van der Waals surface area contributed by atoms with Crippen molar-refractivity contribution in [3.05, 3.63) is 53.0 Å². The Bertz CT molecular complexity index is 745. The number of piperidine rings is 1. The van der Waals surface area contributed by atoms with Crippen LogP contribution in [0.2, 0.25) is 0 Å². The number of hydrogen-bond acceptors (Lipinski definition) is 5. The van der Waals surface area contributed by atoms with Crippen LogP contribution < -0.4 is 14.8 Å². The summed E-state index contributed by atoms with van der Waals surface area (Å²) in [7, 11) is 1.44. The fraction of sp³-hybridized carbons (Fsp3) is 0.368. The molecule has 132 valence electrons. The zero-order valence-corrected chi connectivity index (χ0v) is 14.1. The largest absolute Gasteiger partial charge is 0.496 e. The Labute approximate surface area is 146 Å². The highest BCUT2D eigenvalue weighted by atomic mass is 19.1. The van der Waals surface area contributed by atoms with Gasteiger partial charge in [0.2, 0.25) is 5.88 Å². The predicted molar refractivity (Wildman–Crippen MR) is 91.8 cm³/mol. The number of nitrogens with zero attached hydrogens (tertiary/aromatic N) is 1. The Morgan fingerprint density at radius 3 is 2.84 bits per heavy atom. The van der Waals surface area contributed by atoms with Crippen molar-refractivity contribution in [2.24, 2.45) is 0 Å². The van der Waals surface area contributed by atoms with Crippen LogP contribution in [0.25, 0.3) is 0 Å². The summed E-state index contributed by atoms with van der Waals surface area (Å²) in [6.45, 7) is 2.00. The first-order chi connectivity index (χ1) is 12.2. The molecule has 0 bridgehead atoms. The van der Waals surface area contributed by atoms with Gasteiger partial charge in [-0.2, -0.15) is 0 Å². The summed E-state index contributed by atoms with van der Waals surface area (Å²) >= 11 is 0. The van der Waals surface area contributed by atoms with E-state index < -0.39 is 5.82 Å². The second-order valence-electron chi connectivity index (χ2n) is 6.02. The average Bonchev–Trinajstić information content (AvgIpc) is 2.67. The van der Waals surface area contributed by atoms with Crippen LogP contribution >= 0.6 is 0 Å². The second kappa shape index (κ2) is 8.07. The minimum atomic E-state index is -0.502. The minimum absolute atomic E-state index is 0.0179. The molecule has 2 heterocycles. The van der Waals surface area contributed by atoms with Gasteiger partial charge in [0.25, 0.3) is 0 Å². The quantitative estimate of drug-likeness (QED) is 0.816. The molecule has 0 amide bonds. The first kappa shape index (κ1) is 17.4. The summed E-state index contributed by atoms with van der Waals surface area (Å²) in [6, 6.07) is 8.32. The second-order valence-corrected chi connectivity index (χ2v) is 6.02. The molecule has 1 aliphatic heterocycles. The lowest BCUT2D eigenvalue weighted by Gasteiger charge is -2.22. The number of aldehydes is 1. The molecule has 1 aromatic heterocycles. The van der Waals surface area contributed by atoms with Crippen LogP contribution in [0.4, 0.5) is 4.39 Å². The molecule has 25 heavy (non-hydrogen) atoms. The number of hydrogen-bond donors (Lipinski definition) is 1. The van der Waals surface area contributed by atoms with Gasteiger partial charge < -0.3 is 14.8 Å². The number of carbonyl (C=O) groups excluding carboxylic acids is 1. The van der Waals surface area contributed by atoms with Gasteiger partial charge in [0, 0.05) is 23.2 Å². The standard InChI is InChI=1S/C19H21FN2O3/c1-24-18-10-15(16(20)9-14(18)11-23)12-25-19-4-2-3-17(22-19)13-5-7-21-8-6-13/h2-4,9-11,13,21H,5-8,12H2,1H3. The van der Waals surface area contributed by atoms with Crippen LogP contribution in [-0.2, 0) is 6.61 Å². The molecule has 1 aromatic carbocycles. The molecule has 0 unspecified atom stereocenters. The summed E-state index contributed by atoms with van der Waals surface area (Å²) in [5.41, 5.74) is 1.50. The van der Waals surface area contributed by atoms with E-state index in [1.807, 2.05) is 12.1 Å². The molecule has 0 aliphatic carbocycles. The van der Waals surface area contributed by atoms with Gasteiger partial charge in [0.15, 0.2) is 6.29 Å². The molecule has 0 atom stereocenters. The number of methoxy groups -OCH3 is 1. The minimum Gasteiger partial charge on any atom is -0.496 e. The molecule has 6 heteroatoms. The third-order valence-corrected chi connectivity index (χ3v) is 4.40. The SMILES string of the molecule is COc1cc(COc2cccc(C3CCNCC3)n2)c(F)cc1C=O. The number of aromatic nitrogens is 1. The Morgan fingerprint density at radius 1 is 1.32 bits per heavy atom. The lowest BCUT2D eigenvalue weighted by atomic mass is 9.94. The number of halogens is 1. The number of rotatable bonds is 6. The van der Waals surface area contributed by atoms with Gasteiger partial charge >= 0.3 is 0 Å². The molecule has 2 aromatic rings. The van der Waals surface area contributed by atoms with Crippen LogP contribution in [0.5, 0.6) is 11.6 Å². The first-order valence-corrected chi connectivity index (χ1v) is 8.33. The lowest BCUT2D eigenvalue weighted by molar-refractivity contribution is 0.112. The number of ether oxygens (including phenoxy) is 2. The molecule has 0 radical (unpaired) electrons. The number of nitrogens with one attached hydrogen (secondary N) is 1. The topological polar surface area (TPSA) is 60.5 Å². The van der Waals surface area contributed by atoms with E-state index in [1.165, 1.54) is 13.2 Å². The highest BCUT2D eigenvalue weighted by Crippen LogP contribution is 2.26. The third kappa shape index (κ3) is 4.14. The van der Waals surface area contributed by atoms with Crippen molar-refractivity contribution in [2.75, 3.05) is 20.2 Å². The van der Waals surface area contributed by atoms with E-state index in [-0.39, 0.29) is 12.2 Å². The normalized spacial score (nSPS) is 15.0. The zero-order chi connectivity index (χ0) is 17.6. The number of carbonyl (C=O) groups is 1. The molecule has 1 N–H and O–H groups in total. The zero-order valence-electron chi connectivity index (χ0n) is 14.1. The van der Waals surface area contributed by atoms with E-state index in [1.54, 1.807) is 6.07 Å². The predicted octanol–water partition coefficient (Wildman–Crippen LogP) is 3.09. The van der Waals surface area contributed by atoms with Gasteiger partial charge in [0.05, 0.1) is 12.7 Å². The van der Waals surface area contributed by atoms with E-state index >= 15 is 0 Å². The fourth-order valence-electron chi connectivity index (χ4n) is 3.00. The Balaban J connectivity index is 1.72. The summed E-state index contributed by atoms with van der Waals surface area (Å²) in [5, 5.41) is 3.33. The van der Waals surface area contributed by atoms with Crippen LogP contribution in [0.15, 0.2) is 30.3 Å². The van der Waals surface area contributed by atoms with E-state index in [0.29, 0.717) is 29.4 Å². The molecule has 1 saturated heterocycles. The van der Waals surface area contributed by atoms with Crippen molar-refractivity contribution in [1.82, 2.24) is 10.3 Å². The molecule has 0 saturated carbocycles. The molecule has 5 nitrogen and oxygen atoms in total. The van der Waals surface area contributed by atoms with E-state index in [0.717, 1.165) is 37.7 Å². The summed E-state index contributed by atoms with van der Waals surface area (Å²) in [5.74, 6) is 0.714. The first-order valence-electron chi connectivity index (χ1n) is 8.33. The molecular weight excluding hydrogens is 323 g/mol. The Hall–Kier alpha value is -2.47. The van der Waals surface area contributed by atoms with Gasteiger partial charge in [-0.3, -0.25) is 4.79 Å². The van der Waals surface area contributed by atoms with E-state index in [2.05, 4.69) is 10.3 Å². The maximum atomic E-state index is 14.1. The maximum Gasteiger partial charge on any atom is 0.213 e. The van der Waals surface area contributed by atoms with Crippen LogP contribution in [0.1, 0.15) is 40.4 Å². The Morgan fingerprint density at radius 2 is 2.12 bits per heavy atom. The summed E-state index contributed by atoms with van der Waals surface area (Å²) in [4.78, 5) is 15.5. The highest BCUT2D eigenvalue weighted by molar-refractivity contribution is 5.79. The highest BCUT2D eigenvalue weighted by Gasteiger charge is 2.17. The van der Waals surface area contributed by atoms with Crippen molar-refractivity contribution in [3.8, 4) is 11.6 Å². The number of benzene rings is 1. The summed E-state index contributed by atoms with van der Waals surface area (Å²) < 4.78 is 24.9. The van der Waals surface area contributed by atoms with Crippen LogP contribution in [0, 0.1) is 5.82 Å². The smallest absolute Gasteiger partial charge is 0.213 e. The van der Waals surface area contributed by atoms with Gasteiger partial charge in [0.1, 0.15) is 18.2 Å². The van der Waals surface area contributed by atoms with Gasteiger partial charge in [-0.25, -0.2) is 9.37 Å². The van der Waals surface area contributed by atoms with Crippen molar-refractivity contribution >= 4 is 6.29 Å². The van der Waals surface area contributed by atoms with Gasteiger partial charge in [-0.05, 0) is 44.1 Å². The van der Waals surface area contributed by atoms with Gasteiger partial charge in [-0.15, -0.1) is 0 Å². The molecule has 1 fully saturated rings. The van der Waals surface area contributed by atoms with Crippen LogP contribution in [0.3, 0.4) is 0 Å². The Kier molecular flexibility index (Phi) is 5.60. The maximum absolute atomic E-state index is 14.1. The van der Waals surface area contributed by atoms with Gasteiger partial charge in [-0.1, -0.05) is 6.07 Å². The molecule has 1 aliphatic rings. The van der Waals surface area contributed by atoms with E-state index in [4.69, 9.17) is 9.47 Å². The summed E-state index contributed by atoms with van der Waals surface area (Å²) in [6.07, 6.45) is 2.67. The monoisotopic (exact) mass is 344 g/mol. The molecule has 3 rings (SSSR count).